The van der Waals surface area contributed by atoms with Gasteiger partial charge in [0.2, 0.25) is 11.8 Å². The molecule has 1 unspecified atom stereocenters. The van der Waals surface area contributed by atoms with Crippen LogP contribution in [0.15, 0.2) is 0 Å². The van der Waals surface area contributed by atoms with E-state index in [9.17, 15) is 9.59 Å². The molecule has 2 saturated carbocycles. The molecule has 0 aromatic carbocycles. The Kier molecular flexibility index (Phi) is 2.51. The first-order chi connectivity index (χ1) is 8.09. The fourth-order valence-corrected chi connectivity index (χ4v) is 3.06. The number of carbonyl (C=O) groups excluding carboxylic acids is 2. The van der Waals surface area contributed by atoms with Crippen molar-refractivity contribution in [3.8, 4) is 0 Å². The molecule has 2 aliphatic carbocycles. The highest BCUT2D eigenvalue weighted by molar-refractivity contribution is 6.06. The molecule has 2 amide bonds. The summed E-state index contributed by atoms with van der Waals surface area (Å²) in [5.74, 6) is 0.0543. The zero-order valence-corrected chi connectivity index (χ0v) is 10.4. The van der Waals surface area contributed by atoms with E-state index >= 15 is 0 Å². The summed E-state index contributed by atoms with van der Waals surface area (Å²) in [6.07, 6.45) is 6.91. The summed E-state index contributed by atoms with van der Waals surface area (Å²) in [7, 11) is 0. The van der Waals surface area contributed by atoms with Gasteiger partial charge in [-0.25, -0.2) is 0 Å². The minimum atomic E-state index is -0.254. The Morgan fingerprint density at radius 2 is 1.88 bits per heavy atom. The van der Waals surface area contributed by atoms with Crippen LogP contribution in [0.25, 0.3) is 0 Å². The summed E-state index contributed by atoms with van der Waals surface area (Å²) >= 11 is 0. The average Bonchev–Trinajstić information content (AvgIpc) is 2.72. The van der Waals surface area contributed by atoms with Crippen LogP contribution in [0.4, 0.5) is 0 Å². The fourth-order valence-electron chi connectivity index (χ4n) is 3.06. The Bertz CT molecular complexity index is 356. The summed E-state index contributed by atoms with van der Waals surface area (Å²) in [6.45, 7) is 2.13. The SMILES string of the molecule is CC1(NC2CC(=O)N(C3CCCC3)C2=O)CC1. The molecular weight excluding hydrogens is 216 g/mol. The molecule has 1 atom stereocenters. The predicted molar refractivity (Wildman–Crippen MR) is 63.3 cm³/mol. The van der Waals surface area contributed by atoms with Crippen LogP contribution in [0, 0.1) is 0 Å². The first-order valence-corrected chi connectivity index (χ1v) is 6.73. The van der Waals surface area contributed by atoms with Crippen molar-refractivity contribution in [3.63, 3.8) is 0 Å². The van der Waals surface area contributed by atoms with Crippen molar-refractivity contribution in [1.29, 1.82) is 0 Å². The van der Waals surface area contributed by atoms with Gasteiger partial charge in [-0.1, -0.05) is 12.8 Å². The second-order valence-electron chi connectivity index (χ2n) is 6.00. The van der Waals surface area contributed by atoms with Gasteiger partial charge in [-0.2, -0.15) is 0 Å². The summed E-state index contributed by atoms with van der Waals surface area (Å²) in [5, 5.41) is 3.35. The first-order valence-electron chi connectivity index (χ1n) is 6.73. The van der Waals surface area contributed by atoms with Crippen LogP contribution in [-0.4, -0.2) is 34.3 Å². The second-order valence-corrected chi connectivity index (χ2v) is 6.00. The van der Waals surface area contributed by atoms with Crippen LogP contribution < -0.4 is 5.32 Å². The highest BCUT2D eigenvalue weighted by Crippen LogP contribution is 2.36. The van der Waals surface area contributed by atoms with E-state index in [1.165, 1.54) is 0 Å². The van der Waals surface area contributed by atoms with E-state index in [1.54, 1.807) is 4.90 Å². The van der Waals surface area contributed by atoms with Gasteiger partial charge in [0.1, 0.15) is 0 Å². The fraction of sp³-hybridized carbons (Fsp3) is 0.846. The maximum atomic E-state index is 12.3. The van der Waals surface area contributed by atoms with Crippen LogP contribution in [0.1, 0.15) is 51.9 Å². The molecule has 0 spiro atoms. The normalized spacial score (nSPS) is 32.5. The van der Waals surface area contributed by atoms with Crippen molar-refractivity contribution in [2.24, 2.45) is 0 Å². The molecule has 0 aromatic heterocycles. The lowest BCUT2D eigenvalue weighted by Gasteiger charge is -2.23. The Morgan fingerprint density at radius 3 is 2.47 bits per heavy atom. The summed E-state index contributed by atoms with van der Waals surface area (Å²) in [4.78, 5) is 25.8. The topological polar surface area (TPSA) is 49.4 Å². The van der Waals surface area contributed by atoms with E-state index in [-0.39, 0.29) is 29.4 Å². The number of nitrogens with zero attached hydrogens (tertiary/aromatic N) is 1. The van der Waals surface area contributed by atoms with Crippen LogP contribution in [-0.2, 0) is 9.59 Å². The molecule has 1 saturated heterocycles. The molecule has 4 heteroatoms. The molecule has 0 bridgehead atoms. The van der Waals surface area contributed by atoms with Gasteiger partial charge >= 0.3 is 0 Å². The van der Waals surface area contributed by atoms with Crippen LogP contribution >= 0.6 is 0 Å². The number of nitrogens with one attached hydrogen (secondary N) is 1. The maximum absolute atomic E-state index is 12.3. The summed E-state index contributed by atoms with van der Waals surface area (Å²) < 4.78 is 0. The van der Waals surface area contributed by atoms with Gasteiger partial charge < -0.3 is 5.32 Å². The molecule has 1 N–H and O–H groups in total. The molecule has 0 radical (unpaired) electrons. The first kappa shape index (κ1) is 11.2. The average molecular weight is 236 g/mol. The smallest absolute Gasteiger partial charge is 0.247 e. The number of amides is 2. The highest BCUT2D eigenvalue weighted by atomic mass is 16.2. The van der Waals surface area contributed by atoms with E-state index in [2.05, 4.69) is 12.2 Å². The molecule has 1 heterocycles. The summed E-state index contributed by atoms with van der Waals surface area (Å²) in [5.41, 5.74) is 0.117. The Morgan fingerprint density at radius 1 is 1.24 bits per heavy atom. The van der Waals surface area contributed by atoms with Crippen molar-refractivity contribution >= 4 is 11.8 Å². The number of imide groups is 1. The monoisotopic (exact) mass is 236 g/mol. The van der Waals surface area contributed by atoms with E-state index in [1.807, 2.05) is 0 Å². The minimum absolute atomic E-state index is 0.0232. The Balaban J connectivity index is 1.69. The van der Waals surface area contributed by atoms with Crippen molar-refractivity contribution in [3.05, 3.63) is 0 Å². The quantitative estimate of drug-likeness (QED) is 0.749. The molecule has 0 aromatic rings. The molecule has 3 fully saturated rings. The number of rotatable bonds is 3. The predicted octanol–water partition coefficient (Wildman–Crippen LogP) is 1.20. The lowest BCUT2D eigenvalue weighted by molar-refractivity contribution is -0.141. The lowest BCUT2D eigenvalue weighted by Crippen LogP contribution is -2.46. The third-order valence-corrected chi connectivity index (χ3v) is 4.40. The van der Waals surface area contributed by atoms with E-state index < -0.39 is 0 Å². The third-order valence-electron chi connectivity index (χ3n) is 4.40. The summed E-state index contributed by atoms with van der Waals surface area (Å²) in [6, 6.07) is -0.0654. The van der Waals surface area contributed by atoms with E-state index in [4.69, 9.17) is 0 Å². The van der Waals surface area contributed by atoms with Gasteiger partial charge in [0.25, 0.3) is 0 Å². The molecule has 3 aliphatic rings. The van der Waals surface area contributed by atoms with Crippen molar-refractivity contribution in [2.75, 3.05) is 0 Å². The number of carbonyl (C=O) groups is 2. The molecule has 3 rings (SSSR count). The Hall–Kier alpha value is -0.900. The van der Waals surface area contributed by atoms with Gasteiger partial charge in [0, 0.05) is 11.6 Å². The van der Waals surface area contributed by atoms with Gasteiger partial charge in [-0.15, -0.1) is 0 Å². The maximum Gasteiger partial charge on any atom is 0.247 e. The van der Waals surface area contributed by atoms with Crippen molar-refractivity contribution < 1.29 is 9.59 Å². The zero-order chi connectivity index (χ0) is 12.0. The lowest BCUT2D eigenvalue weighted by atomic mass is 10.2. The number of hydrogen-bond acceptors (Lipinski definition) is 3. The molecule has 4 nitrogen and oxygen atoms in total. The van der Waals surface area contributed by atoms with Crippen LogP contribution in [0.5, 0.6) is 0 Å². The number of likely N-dealkylation sites (tertiary alicyclic amines) is 1. The van der Waals surface area contributed by atoms with Crippen molar-refractivity contribution in [2.45, 2.75) is 69.5 Å². The van der Waals surface area contributed by atoms with E-state index in [0.29, 0.717) is 6.42 Å². The number of hydrogen-bond donors (Lipinski definition) is 1. The van der Waals surface area contributed by atoms with Crippen LogP contribution in [0.3, 0.4) is 0 Å². The second kappa shape index (κ2) is 3.80. The van der Waals surface area contributed by atoms with Gasteiger partial charge in [-0.05, 0) is 32.6 Å². The molecule has 94 valence electrons. The van der Waals surface area contributed by atoms with Crippen molar-refractivity contribution in [1.82, 2.24) is 10.2 Å². The van der Waals surface area contributed by atoms with Crippen LogP contribution in [0.2, 0.25) is 0 Å². The van der Waals surface area contributed by atoms with Gasteiger partial charge in [0.05, 0.1) is 12.5 Å². The van der Waals surface area contributed by atoms with E-state index in [0.717, 1.165) is 38.5 Å². The van der Waals surface area contributed by atoms with Gasteiger partial charge in [-0.3, -0.25) is 14.5 Å². The molecule has 17 heavy (non-hydrogen) atoms. The minimum Gasteiger partial charge on any atom is -0.300 e. The Labute approximate surface area is 102 Å². The zero-order valence-electron chi connectivity index (χ0n) is 10.4. The standard InChI is InChI=1S/C13H20N2O2/c1-13(6-7-13)14-10-8-11(16)15(12(10)17)9-4-2-3-5-9/h9-10,14H,2-8H2,1H3. The molecule has 1 aliphatic heterocycles. The third kappa shape index (κ3) is 1.99. The molecular formula is C13H20N2O2. The highest BCUT2D eigenvalue weighted by Gasteiger charge is 2.47. The van der Waals surface area contributed by atoms with Gasteiger partial charge in [0.15, 0.2) is 0 Å². The largest absolute Gasteiger partial charge is 0.300 e.